The Labute approximate surface area is 60.6 Å². The van der Waals surface area contributed by atoms with E-state index < -0.39 is 0 Å². The molecule has 1 rings (SSSR count). The van der Waals surface area contributed by atoms with Crippen molar-refractivity contribution in [2.75, 3.05) is 6.61 Å². The Bertz CT molecular complexity index is 159. The minimum atomic E-state index is 0.166. The van der Waals surface area contributed by atoms with Crippen molar-refractivity contribution in [3.63, 3.8) is 0 Å². The van der Waals surface area contributed by atoms with E-state index in [1.165, 1.54) is 0 Å². The zero-order chi connectivity index (χ0) is 7.40. The summed E-state index contributed by atoms with van der Waals surface area (Å²) in [6.45, 7) is 0.166. The predicted octanol–water partition coefficient (Wildman–Crippen LogP) is 1.05. The van der Waals surface area contributed by atoms with Crippen LogP contribution in [0.25, 0.3) is 0 Å². The third-order valence-electron chi connectivity index (χ3n) is 1.72. The van der Waals surface area contributed by atoms with Crippen molar-refractivity contribution in [2.45, 2.75) is 25.7 Å². The molecular formula is C8H12O2. The minimum absolute atomic E-state index is 0.166. The van der Waals surface area contributed by atoms with Gasteiger partial charge in [-0.2, -0.15) is 0 Å². The van der Waals surface area contributed by atoms with Crippen LogP contribution in [0.5, 0.6) is 0 Å². The molecule has 2 heteroatoms. The Hall–Kier alpha value is -0.630. The molecule has 0 aliphatic heterocycles. The molecule has 0 unspecified atom stereocenters. The average Bonchev–Trinajstić information content (AvgIpc) is 1.88. The highest BCUT2D eigenvalue weighted by Crippen LogP contribution is 2.17. The van der Waals surface area contributed by atoms with E-state index in [9.17, 15) is 4.79 Å². The second kappa shape index (κ2) is 3.52. The molecule has 0 atom stereocenters. The van der Waals surface area contributed by atoms with Crippen LogP contribution in [-0.2, 0) is 4.79 Å². The molecular weight excluding hydrogens is 128 g/mol. The summed E-state index contributed by atoms with van der Waals surface area (Å²) >= 11 is 0. The second-order valence-corrected chi connectivity index (χ2v) is 2.60. The number of carbonyl (C=O) groups is 1. The van der Waals surface area contributed by atoms with Crippen molar-refractivity contribution in [3.05, 3.63) is 11.6 Å². The van der Waals surface area contributed by atoms with Crippen LogP contribution in [-0.4, -0.2) is 17.5 Å². The van der Waals surface area contributed by atoms with E-state index in [0.29, 0.717) is 12.8 Å². The van der Waals surface area contributed by atoms with Gasteiger partial charge in [0.2, 0.25) is 0 Å². The molecule has 0 fully saturated rings. The molecule has 0 saturated heterocycles. The number of aliphatic hydroxyl groups is 1. The van der Waals surface area contributed by atoms with Crippen molar-refractivity contribution < 1.29 is 9.90 Å². The quantitative estimate of drug-likeness (QED) is 0.622. The third kappa shape index (κ3) is 1.95. The van der Waals surface area contributed by atoms with Crippen LogP contribution in [0.1, 0.15) is 25.7 Å². The molecule has 0 aromatic rings. The molecule has 0 saturated carbocycles. The first-order valence-electron chi connectivity index (χ1n) is 3.66. The summed E-state index contributed by atoms with van der Waals surface area (Å²) < 4.78 is 0. The van der Waals surface area contributed by atoms with E-state index in [4.69, 9.17) is 5.11 Å². The lowest BCUT2D eigenvalue weighted by Crippen LogP contribution is -2.03. The van der Waals surface area contributed by atoms with Gasteiger partial charge < -0.3 is 5.11 Å². The summed E-state index contributed by atoms with van der Waals surface area (Å²) in [6, 6.07) is 0. The van der Waals surface area contributed by atoms with Gasteiger partial charge in [0, 0.05) is 13.0 Å². The molecule has 1 aliphatic carbocycles. The summed E-state index contributed by atoms with van der Waals surface area (Å²) in [5.41, 5.74) is 1.11. The highest BCUT2D eigenvalue weighted by Gasteiger charge is 2.08. The Balaban J connectivity index is 2.49. The lowest BCUT2D eigenvalue weighted by molar-refractivity contribution is -0.115. The van der Waals surface area contributed by atoms with Gasteiger partial charge in [0.05, 0.1) is 0 Å². The first-order chi connectivity index (χ1) is 4.83. The van der Waals surface area contributed by atoms with Gasteiger partial charge >= 0.3 is 0 Å². The molecule has 0 amide bonds. The molecule has 56 valence electrons. The standard InChI is InChI=1S/C8H12O2/c9-5-4-7-2-1-3-8(10)6-7/h6,9H,1-5H2. The largest absolute Gasteiger partial charge is 0.396 e. The molecule has 0 aromatic carbocycles. The fourth-order valence-corrected chi connectivity index (χ4v) is 1.20. The van der Waals surface area contributed by atoms with Gasteiger partial charge in [-0.25, -0.2) is 0 Å². The van der Waals surface area contributed by atoms with Gasteiger partial charge in [0.15, 0.2) is 5.78 Å². The van der Waals surface area contributed by atoms with Crippen LogP contribution in [0.15, 0.2) is 11.6 Å². The highest BCUT2D eigenvalue weighted by molar-refractivity contribution is 5.91. The zero-order valence-corrected chi connectivity index (χ0v) is 5.97. The van der Waals surface area contributed by atoms with Crippen LogP contribution in [0.2, 0.25) is 0 Å². The van der Waals surface area contributed by atoms with Gasteiger partial charge in [-0.3, -0.25) is 4.79 Å². The van der Waals surface area contributed by atoms with E-state index in [0.717, 1.165) is 18.4 Å². The van der Waals surface area contributed by atoms with E-state index in [1.807, 2.05) is 0 Å². The van der Waals surface area contributed by atoms with Gasteiger partial charge in [-0.05, 0) is 25.3 Å². The molecule has 1 aliphatic rings. The summed E-state index contributed by atoms with van der Waals surface area (Å²) in [5, 5.41) is 8.55. The molecule has 10 heavy (non-hydrogen) atoms. The Kier molecular flexibility index (Phi) is 2.63. The molecule has 1 N–H and O–H groups in total. The SMILES string of the molecule is O=C1C=C(CCO)CCC1. The molecule has 0 aromatic heterocycles. The van der Waals surface area contributed by atoms with Crippen LogP contribution in [0.3, 0.4) is 0 Å². The lowest BCUT2D eigenvalue weighted by Gasteiger charge is -2.09. The Morgan fingerprint density at radius 1 is 1.50 bits per heavy atom. The normalized spacial score (nSPS) is 18.9. The van der Waals surface area contributed by atoms with Crippen molar-refractivity contribution in [1.29, 1.82) is 0 Å². The van der Waals surface area contributed by atoms with Crippen molar-refractivity contribution in [3.8, 4) is 0 Å². The summed E-state index contributed by atoms with van der Waals surface area (Å²) in [6.07, 6.45) is 5.00. The lowest BCUT2D eigenvalue weighted by atomic mass is 9.97. The van der Waals surface area contributed by atoms with Crippen LogP contribution in [0.4, 0.5) is 0 Å². The second-order valence-electron chi connectivity index (χ2n) is 2.60. The molecule has 0 radical (unpaired) electrons. The highest BCUT2D eigenvalue weighted by atomic mass is 16.3. The van der Waals surface area contributed by atoms with Crippen LogP contribution in [0, 0.1) is 0 Å². The number of hydrogen-bond acceptors (Lipinski definition) is 2. The van der Waals surface area contributed by atoms with Crippen LogP contribution >= 0.6 is 0 Å². The van der Waals surface area contributed by atoms with E-state index in [-0.39, 0.29) is 12.4 Å². The topological polar surface area (TPSA) is 37.3 Å². The maximum absolute atomic E-state index is 10.8. The molecule has 2 nitrogen and oxygen atoms in total. The maximum Gasteiger partial charge on any atom is 0.155 e. The Morgan fingerprint density at radius 2 is 2.30 bits per heavy atom. The van der Waals surface area contributed by atoms with E-state index in [2.05, 4.69) is 0 Å². The molecule has 0 bridgehead atoms. The van der Waals surface area contributed by atoms with Gasteiger partial charge in [-0.15, -0.1) is 0 Å². The zero-order valence-electron chi connectivity index (χ0n) is 5.97. The van der Waals surface area contributed by atoms with Crippen molar-refractivity contribution in [2.24, 2.45) is 0 Å². The van der Waals surface area contributed by atoms with Gasteiger partial charge in [-0.1, -0.05) is 5.57 Å². The van der Waals surface area contributed by atoms with Gasteiger partial charge in [0.25, 0.3) is 0 Å². The first-order valence-corrected chi connectivity index (χ1v) is 3.66. The van der Waals surface area contributed by atoms with E-state index >= 15 is 0 Å². The summed E-state index contributed by atoms with van der Waals surface area (Å²) in [4.78, 5) is 10.8. The first kappa shape index (κ1) is 7.48. The fourth-order valence-electron chi connectivity index (χ4n) is 1.20. The van der Waals surface area contributed by atoms with Crippen LogP contribution < -0.4 is 0 Å². The predicted molar refractivity (Wildman–Crippen MR) is 38.6 cm³/mol. The monoisotopic (exact) mass is 140 g/mol. The van der Waals surface area contributed by atoms with Crippen molar-refractivity contribution in [1.82, 2.24) is 0 Å². The number of ketones is 1. The smallest absolute Gasteiger partial charge is 0.155 e. The van der Waals surface area contributed by atoms with E-state index in [1.54, 1.807) is 6.08 Å². The molecule has 0 heterocycles. The average molecular weight is 140 g/mol. The minimum Gasteiger partial charge on any atom is -0.396 e. The Morgan fingerprint density at radius 3 is 2.90 bits per heavy atom. The fraction of sp³-hybridized carbons (Fsp3) is 0.625. The number of aliphatic hydroxyl groups excluding tert-OH is 1. The van der Waals surface area contributed by atoms with Crippen molar-refractivity contribution >= 4 is 5.78 Å². The summed E-state index contributed by atoms with van der Waals surface area (Å²) in [5.74, 6) is 0.217. The molecule has 0 spiro atoms. The number of hydrogen-bond donors (Lipinski definition) is 1. The third-order valence-corrected chi connectivity index (χ3v) is 1.72. The van der Waals surface area contributed by atoms with Gasteiger partial charge in [0.1, 0.15) is 0 Å². The number of carbonyl (C=O) groups excluding carboxylic acids is 1. The summed E-state index contributed by atoms with van der Waals surface area (Å²) in [7, 11) is 0. The maximum atomic E-state index is 10.8. The number of rotatable bonds is 2. The number of allylic oxidation sites excluding steroid dienone is 1.